The van der Waals surface area contributed by atoms with Gasteiger partial charge >= 0.3 is 6.09 Å². The molecule has 3 rings (SSSR count). The fourth-order valence-corrected chi connectivity index (χ4v) is 2.75. The number of nitrogen functional groups attached to an aromatic ring is 1. The number of nitrogens with two attached hydrogens (primary N) is 1. The number of ether oxygens (including phenoxy) is 2. The first kappa shape index (κ1) is 19.3. The fourth-order valence-electron chi connectivity index (χ4n) is 2.75. The highest BCUT2D eigenvalue weighted by Gasteiger charge is 2.18. The maximum absolute atomic E-state index is 12.2. The van der Waals surface area contributed by atoms with E-state index in [0.29, 0.717) is 28.7 Å². The molecule has 0 radical (unpaired) electrons. The maximum Gasteiger partial charge on any atom is 0.412 e. The molecule has 7 nitrogen and oxygen atoms in total. The van der Waals surface area contributed by atoms with Crippen LogP contribution >= 0.6 is 0 Å². The molecule has 0 fully saturated rings. The minimum Gasteiger partial charge on any atom is -0.454 e. The highest BCUT2D eigenvalue weighted by Crippen LogP contribution is 2.37. The van der Waals surface area contributed by atoms with Crippen molar-refractivity contribution in [2.75, 3.05) is 23.4 Å². The van der Waals surface area contributed by atoms with Crippen LogP contribution in [0.1, 0.15) is 20.8 Å². The average molecular weight is 380 g/mol. The van der Waals surface area contributed by atoms with Crippen LogP contribution in [0, 0.1) is 0 Å². The van der Waals surface area contributed by atoms with Crippen LogP contribution in [0.15, 0.2) is 48.7 Å². The lowest BCUT2D eigenvalue weighted by Gasteiger charge is -2.20. The Bertz CT molecular complexity index is 1010. The normalized spacial score (nSPS) is 11.1. The Morgan fingerprint density at radius 1 is 1.04 bits per heavy atom. The van der Waals surface area contributed by atoms with Crippen LogP contribution in [0.5, 0.6) is 11.5 Å². The molecule has 0 spiro atoms. The standard InChI is InChI=1S/C21H24N4O3/c1-21(2,3)28-20(26)25-15-9-10-16(14-8-6-5-7-13(14)15)27-17-11-12-24-19(23-4)18(17)22/h5-12H,22H2,1-4H3,(H,23,24)(H,25,26). The van der Waals surface area contributed by atoms with Crippen LogP contribution in [0.2, 0.25) is 0 Å². The molecule has 3 aromatic rings. The molecule has 4 N–H and O–H groups in total. The predicted molar refractivity (Wildman–Crippen MR) is 112 cm³/mol. The number of amides is 1. The average Bonchev–Trinajstić information content (AvgIpc) is 2.64. The number of fused-ring (bicyclic) bond motifs is 1. The summed E-state index contributed by atoms with van der Waals surface area (Å²) < 4.78 is 11.4. The zero-order valence-corrected chi connectivity index (χ0v) is 16.4. The third-order valence-corrected chi connectivity index (χ3v) is 3.93. The first-order valence-electron chi connectivity index (χ1n) is 8.90. The number of carbonyl (C=O) groups is 1. The van der Waals surface area contributed by atoms with Gasteiger partial charge in [-0.15, -0.1) is 0 Å². The summed E-state index contributed by atoms with van der Waals surface area (Å²) in [7, 11) is 1.75. The summed E-state index contributed by atoms with van der Waals surface area (Å²) in [5.41, 5.74) is 6.60. The van der Waals surface area contributed by atoms with E-state index < -0.39 is 11.7 Å². The topological polar surface area (TPSA) is 98.5 Å². The molecule has 0 unspecified atom stereocenters. The first-order chi connectivity index (χ1) is 13.3. The van der Waals surface area contributed by atoms with Gasteiger partial charge < -0.3 is 20.5 Å². The summed E-state index contributed by atoms with van der Waals surface area (Å²) in [5, 5.41) is 7.39. The van der Waals surface area contributed by atoms with Crippen LogP contribution in [-0.2, 0) is 4.74 Å². The molecule has 7 heteroatoms. The van der Waals surface area contributed by atoms with Gasteiger partial charge in [0.25, 0.3) is 0 Å². The molecule has 2 aromatic carbocycles. The van der Waals surface area contributed by atoms with E-state index in [1.165, 1.54) is 0 Å². The van der Waals surface area contributed by atoms with E-state index >= 15 is 0 Å². The number of pyridine rings is 1. The molecular formula is C21H24N4O3. The lowest BCUT2D eigenvalue weighted by Crippen LogP contribution is -2.27. The molecule has 0 atom stereocenters. The predicted octanol–water partition coefficient (Wildman–Crippen LogP) is 5.00. The van der Waals surface area contributed by atoms with Crippen LogP contribution < -0.4 is 21.1 Å². The Morgan fingerprint density at radius 2 is 1.75 bits per heavy atom. The summed E-state index contributed by atoms with van der Waals surface area (Å²) in [4.78, 5) is 16.3. The van der Waals surface area contributed by atoms with Gasteiger partial charge in [0.2, 0.25) is 0 Å². The second-order valence-electron chi connectivity index (χ2n) is 7.21. The van der Waals surface area contributed by atoms with Gasteiger partial charge in [-0.05, 0) is 32.9 Å². The number of nitrogens with one attached hydrogen (secondary N) is 2. The van der Waals surface area contributed by atoms with Gasteiger partial charge in [-0.2, -0.15) is 0 Å². The third-order valence-electron chi connectivity index (χ3n) is 3.93. The van der Waals surface area contributed by atoms with Crippen molar-refractivity contribution in [3.05, 3.63) is 48.7 Å². The molecule has 1 aromatic heterocycles. The van der Waals surface area contributed by atoms with Crippen molar-refractivity contribution in [3.8, 4) is 11.5 Å². The minimum absolute atomic E-state index is 0.421. The van der Waals surface area contributed by atoms with Gasteiger partial charge in [0, 0.05) is 30.1 Å². The summed E-state index contributed by atoms with van der Waals surface area (Å²) in [6, 6.07) is 12.9. The highest BCUT2D eigenvalue weighted by molar-refractivity contribution is 6.03. The van der Waals surface area contributed by atoms with Crippen LogP contribution in [0.3, 0.4) is 0 Å². The Morgan fingerprint density at radius 3 is 2.43 bits per heavy atom. The molecule has 1 heterocycles. The van der Waals surface area contributed by atoms with Crippen molar-refractivity contribution in [2.45, 2.75) is 26.4 Å². The lowest BCUT2D eigenvalue weighted by atomic mass is 10.1. The van der Waals surface area contributed by atoms with E-state index in [0.717, 1.165) is 10.8 Å². The molecule has 0 aliphatic carbocycles. The quantitative estimate of drug-likeness (QED) is 0.589. The number of carbonyl (C=O) groups excluding carboxylic acids is 1. The van der Waals surface area contributed by atoms with Crippen LogP contribution in [0.4, 0.5) is 22.0 Å². The van der Waals surface area contributed by atoms with Gasteiger partial charge in [-0.1, -0.05) is 24.3 Å². The summed E-state index contributed by atoms with van der Waals surface area (Å²) in [6.45, 7) is 5.46. The minimum atomic E-state index is -0.577. The van der Waals surface area contributed by atoms with E-state index in [9.17, 15) is 4.79 Å². The number of hydrogen-bond acceptors (Lipinski definition) is 6. The number of benzene rings is 2. The number of rotatable bonds is 4. The van der Waals surface area contributed by atoms with Gasteiger partial charge in [-0.3, -0.25) is 5.32 Å². The Hall–Kier alpha value is -3.48. The highest BCUT2D eigenvalue weighted by atomic mass is 16.6. The number of anilines is 3. The van der Waals surface area contributed by atoms with Crippen molar-refractivity contribution in [1.82, 2.24) is 4.98 Å². The molecule has 28 heavy (non-hydrogen) atoms. The van der Waals surface area contributed by atoms with E-state index in [1.54, 1.807) is 31.4 Å². The van der Waals surface area contributed by atoms with E-state index in [-0.39, 0.29) is 0 Å². The van der Waals surface area contributed by atoms with E-state index in [4.69, 9.17) is 15.2 Å². The van der Waals surface area contributed by atoms with Crippen molar-refractivity contribution in [3.63, 3.8) is 0 Å². The molecule has 1 amide bonds. The Balaban J connectivity index is 1.95. The molecule has 0 bridgehead atoms. The molecule has 0 aliphatic heterocycles. The van der Waals surface area contributed by atoms with E-state index in [1.807, 2.05) is 45.0 Å². The van der Waals surface area contributed by atoms with Crippen LogP contribution in [-0.4, -0.2) is 23.7 Å². The smallest absolute Gasteiger partial charge is 0.412 e. The summed E-state index contributed by atoms with van der Waals surface area (Å²) >= 11 is 0. The molecule has 0 saturated heterocycles. The first-order valence-corrected chi connectivity index (χ1v) is 8.90. The second kappa shape index (κ2) is 7.64. The largest absolute Gasteiger partial charge is 0.454 e. The van der Waals surface area contributed by atoms with Gasteiger partial charge in [0.05, 0.1) is 5.69 Å². The Labute approximate surface area is 163 Å². The summed E-state index contributed by atoms with van der Waals surface area (Å²) in [6.07, 6.45) is 1.11. The fraction of sp³-hybridized carbons (Fsp3) is 0.238. The number of hydrogen-bond donors (Lipinski definition) is 3. The second-order valence-corrected chi connectivity index (χ2v) is 7.21. The molecular weight excluding hydrogens is 356 g/mol. The van der Waals surface area contributed by atoms with E-state index in [2.05, 4.69) is 15.6 Å². The monoisotopic (exact) mass is 380 g/mol. The summed E-state index contributed by atoms with van der Waals surface area (Å²) in [5.74, 6) is 1.66. The van der Waals surface area contributed by atoms with Gasteiger partial charge in [-0.25, -0.2) is 9.78 Å². The van der Waals surface area contributed by atoms with Crippen molar-refractivity contribution >= 4 is 34.1 Å². The molecule has 146 valence electrons. The van der Waals surface area contributed by atoms with Crippen molar-refractivity contribution in [1.29, 1.82) is 0 Å². The van der Waals surface area contributed by atoms with Gasteiger partial charge in [0.1, 0.15) is 17.0 Å². The Kier molecular flexibility index (Phi) is 5.26. The zero-order valence-electron chi connectivity index (χ0n) is 16.4. The number of nitrogens with zero attached hydrogens (tertiary/aromatic N) is 1. The SMILES string of the molecule is CNc1nccc(Oc2ccc(NC(=O)OC(C)(C)C)c3ccccc23)c1N. The van der Waals surface area contributed by atoms with Crippen LogP contribution in [0.25, 0.3) is 10.8 Å². The maximum atomic E-state index is 12.2. The lowest BCUT2D eigenvalue weighted by molar-refractivity contribution is 0.0636. The molecule has 0 aliphatic rings. The molecule has 0 saturated carbocycles. The van der Waals surface area contributed by atoms with Crippen molar-refractivity contribution in [2.24, 2.45) is 0 Å². The van der Waals surface area contributed by atoms with Crippen molar-refractivity contribution < 1.29 is 14.3 Å². The van der Waals surface area contributed by atoms with Gasteiger partial charge in [0.15, 0.2) is 11.6 Å². The third kappa shape index (κ3) is 4.25. The number of aromatic nitrogens is 1. The zero-order chi connectivity index (χ0) is 20.3.